The van der Waals surface area contributed by atoms with Crippen LogP contribution in [0, 0.1) is 13.8 Å². The molecule has 0 atom stereocenters. The molecule has 0 saturated heterocycles. The normalized spacial score (nSPS) is 10.6. The Kier molecular flexibility index (Phi) is 4.67. The van der Waals surface area contributed by atoms with Crippen LogP contribution in [0.4, 0.5) is 5.13 Å². The quantitative estimate of drug-likeness (QED) is 0.845. The lowest BCUT2D eigenvalue weighted by Crippen LogP contribution is -2.23. The predicted octanol–water partition coefficient (Wildman–Crippen LogP) is 1.89. The molecule has 0 unspecified atom stereocenters. The Morgan fingerprint density at radius 2 is 2.15 bits per heavy atom. The van der Waals surface area contributed by atoms with Crippen LogP contribution in [0.1, 0.15) is 40.2 Å². The molecule has 0 aliphatic heterocycles. The number of amides is 1. The minimum atomic E-state index is -0.243. The third-order valence-electron chi connectivity index (χ3n) is 2.75. The van der Waals surface area contributed by atoms with Gasteiger partial charge in [0.05, 0.1) is 5.69 Å². The van der Waals surface area contributed by atoms with Crippen molar-refractivity contribution in [3.8, 4) is 0 Å². The maximum absolute atomic E-state index is 12.0. The van der Waals surface area contributed by atoms with Crippen LogP contribution >= 0.6 is 11.3 Å². The average molecular weight is 295 g/mol. The van der Waals surface area contributed by atoms with Gasteiger partial charge in [0.25, 0.3) is 5.91 Å². The van der Waals surface area contributed by atoms with E-state index >= 15 is 0 Å². The number of nitrogens with zero attached hydrogens (tertiary/aromatic N) is 3. The summed E-state index contributed by atoms with van der Waals surface area (Å²) in [6, 6.07) is 0. The molecule has 2 N–H and O–H groups in total. The van der Waals surface area contributed by atoms with Gasteiger partial charge in [0, 0.05) is 18.7 Å². The maximum Gasteiger partial charge on any atom is 0.282 e. The van der Waals surface area contributed by atoms with Gasteiger partial charge in [-0.2, -0.15) is 0 Å². The highest BCUT2D eigenvalue weighted by Crippen LogP contribution is 2.16. The average Bonchev–Trinajstić information content (AvgIpc) is 3.02. The van der Waals surface area contributed by atoms with E-state index in [0.717, 1.165) is 24.2 Å². The summed E-state index contributed by atoms with van der Waals surface area (Å²) >= 11 is 1.24. The summed E-state index contributed by atoms with van der Waals surface area (Å²) in [6.45, 7) is 6.91. The summed E-state index contributed by atoms with van der Waals surface area (Å²) in [5, 5.41) is 18.5. The van der Waals surface area contributed by atoms with Crippen LogP contribution in [0.3, 0.4) is 0 Å². The van der Waals surface area contributed by atoms with Crippen molar-refractivity contribution in [3.63, 3.8) is 0 Å². The van der Waals surface area contributed by atoms with Gasteiger partial charge >= 0.3 is 0 Å². The molecule has 108 valence electrons. The number of hydrogen-bond donors (Lipinski definition) is 2. The second kappa shape index (κ2) is 6.47. The van der Waals surface area contributed by atoms with Crippen molar-refractivity contribution >= 4 is 22.4 Å². The standard InChI is InChI=1S/C12H17N5O2S/c1-4-5-13-12-16-15-11(20-12)10(18)14-6-9-7(2)17-19-8(9)3/h4-6H2,1-3H3,(H,13,16)(H,14,18). The van der Waals surface area contributed by atoms with E-state index in [1.165, 1.54) is 11.3 Å². The molecule has 2 aromatic rings. The first-order valence-electron chi connectivity index (χ1n) is 6.39. The van der Waals surface area contributed by atoms with E-state index in [-0.39, 0.29) is 5.91 Å². The van der Waals surface area contributed by atoms with Crippen molar-refractivity contribution in [2.24, 2.45) is 0 Å². The molecule has 0 bridgehead atoms. The largest absolute Gasteiger partial charge is 0.361 e. The Hall–Kier alpha value is -1.96. The Morgan fingerprint density at radius 3 is 2.80 bits per heavy atom. The summed E-state index contributed by atoms with van der Waals surface area (Å²) in [7, 11) is 0. The first-order valence-corrected chi connectivity index (χ1v) is 7.20. The van der Waals surface area contributed by atoms with E-state index in [9.17, 15) is 4.79 Å². The summed E-state index contributed by atoms with van der Waals surface area (Å²) < 4.78 is 5.05. The Labute approximate surface area is 120 Å². The molecule has 0 aromatic carbocycles. The Bertz CT molecular complexity index is 573. The lowest BCUT2D eigenvalue weighted by atomic mass is 10.2. The number of carbonyl (C=O) groups is 1. The molecule has 0 radical (unpaired) electrons. The molecule has 0 aliphatic carbocycles. The van der Waals surface area contributed by atoms with Gasteiger partial charge in [-0.3, -0.25) is 4.79 Å². The monoisotopic (exact) mass is 295 g/mol. The summed E-state index contributed by atoms with van der Waals surface area (Å²) in [6.07, 6.45) is 0.993. The van der Waals surface area contributed by atoms with Gasteiger partial charge in [-0.25, -0.2) is 0 Å². The zero-order chi connectivity index (χ0) is 14.5. The van der Waals surface area contributed by atoms with E-state index < -0.39 is 0 Å². The number of anilines is 1. The Morgan fingerprint density at radius 1 is 1.35 bits per heavy atom. The lowest BCUT2D eigenvalue weighted by Gasteiger charge is -2.01. The fourth-order valence-corrected chi connectivity index (χ4v) is 2.30. The Balaban J connectivity index is 1.93. The van der Waals surface area contributed by atoms with Crippen LogP contribution in [0.2, 0.25) is 0 Å². The van der Waals surface area contributed by atoms with Gasteiger partial charge in [-0.1, -0.05) is 23.4 Å². The van der Waals surface area contributed by atoms with Crippen LogP contribution in [-0.4, -0.2) is 27.8 Å². The highest BCUT2D eigenvalue weighted by Gasteiger charge is 2.15. The van der Waals surface area contributed by atoms with Crippen molar-refractivity contribution in [1.29, 1.82) is 0 Å². The highest BCUT2D eigenvalue weighted by molar-refractivity contribution is 7.17. The van der Waals surface area contributed by atoms with E-state index in [1.807, 2.05) is 13.8 Å². The van der Waals surface area contributed by atoms with Gasteiger partial charge in [0.15, 0.2) is 0 Å². The van der Waals surface area contributed by atoms with Gasteiger partial charge < -0.3 is 15.2 Å². The minimum absolute atomic E-state index is 0.243. The maximum atomic E-state index is 12.0. The van der Waals surface area contributed by atoms with Gasteiger partial charge in [0.1, 0.15) is 5.76 Å². The van der Waals surface area contributed by atoms with E-state index in [4.69, 9.17) is 4.52 Å². The molecule has 1 amide bonds. The molecule has 0 spiro atoms. The van der Waals surface area contributed by atoms with E-state index in [0.29, 0.717) is 22.4 Å². The predicted molar refractivity (Wildman–Crippen MR) is 75.8 cm³/mol. The molecule has 2 rings (SSSR count). The zero-order valence-corrected chi connectivity index (χ0v) is 12.5. The van der Waals surface area contributed by atoms with Gasteiger partial charge in [0.2, 0.25) is 10.1 Å². The highest BCUT2D eigenvalue weighted by atomic mass is 32.1. The SMILES string of the molecule is CCCNc1nnc(C(=O)NCc2c(C)noc2C)s1. The zero-order valence-electron chi connectivity index (χ0n) is 11.7. The minimum Gasteiger partial charge on any atom is -0.361 e. The van der Waals surface area contributed by atoms with Crippen molar-refractivity contribution in [2.45, 2.75) is 33.7 Å². The molecular weight excluding hydrogens is 278 g/mol. The van der Waals surface area contributed by atoms with Crippen LogP contribution in [0.15, 0.2) is 4.52 Å². The molecule has 0 aliphatic rings. The van der Waals surface area contributed by atoms with Crippen molar-refractivity contribution in [2.75, 3.05) is 11.9 Å². The number of aryl methyl sites for hydroxylation is 2. The van der Waals surface area contributed by atoms with E-state index in [2.05, 4.69) is 32.9 Å². The smallest absolute Gasteiger partial charge is 0.282 e. The number of hydrogen-bond acceptors (Lipinski definition) is 7. The van der Waals surface area contributed by atoms with Crippen LogP contribution in [0.5, 0.6) is 0 Å². The van der Waals surface area contributed by atoms with E-state index in [1.54, 1.807) is 0 Å². The van der Waals surface area contributed by atoms with Gasteiger partial charge in [-0.05, 0) is 20.3 Å². The molecule has 2 aromatic heterocycles. The van der Waals surface area contributed by atoms with Crippen LogP contribution in [-0.2, 0) is 6.54 Å². The van der Waals surface area contributed by atoms with Crippen molar-refractivity contribution < 1.29 is 9.32 Å². The fraction of sp³-hybridized carbons (Fsp3) is 0.500. The summed E-state index contributed by atoms with van der Waals surface area (Å²) in [5.41, 5.74) is 1.68. The summed E-state index contributed by atoms with van der Waals surface area (Å²) in [4.78, 5) is 12.0. The van der Waals surface area contributed by atoms with Gasteiger partial charge in [-0.15, -0.1) is 10.2 Å². The molecule has 0 saturated carbocycles. The number of rotatable bonds is 6. The molecule has 2 heterocycles. The van der Waals surface area contributed by atoms with Crippen molar-refractivity contribution in [3.05, 3.63) is 22.0 Å². The third kappa shape index (κ3) is 3.32. The molecule has 7 nitrogen and oxygen atoms in total. The number of aromatic nitrogens is 3. The molecule has 20 heavy (non-hydrogen) atoms. The molecule has 8 heteroatoms. The van der Waals surface area contributed by atoms with Crippen LogP contribution in [0.25, 0.3) is 0 Å². The number of carbonyl (C=O) groups excluding carboxylic acids is 1. The first-order chi connectivity index (χ1) is 9.61. The summed E-state index contributed by atoms with van der Waals surface area (Å²) in [5.74, 6) is 0.470. The van der Waals surface area contributed by atoms with Crippen molar-refractivity contribution in [1.82, 2.24) is 20.7 Å². The first kappa shape index (κ1) is 14.4. The fourth-order valence-electron chi connectivity index (χ4n) is 1.62. The second-order valence-electron chi connectivity index (χ2n) is 4.32. The number of nitrogens with one attached hydrogen (secondary N) is 2. The lowest BCUT2D eigenvalue weighted by molar-refractivity contribution is 0.0949. The van der Waals surface area contributed by atoms with Crippen LogP contribution < -0.4 is 10.6 Å². The topological polar surface area (TPSA) is 92.9 Å². The molecular formula is C12H17N5O2S. The molecule has 0 fully saturated rings. The second-order valence-corrected chi connectivity index (χ2v) is 5.30. The third-order valence-corrected chi connectivity index (χ3v) is 3.63.